The lowest BCUT2D eigenvalue weighted by Crippen LogP contribution is -2.31. The zero-order valence-electron chi connectivity index (χ0n) is 11.0. The van der Waals surface area contributed by atoms with E-state index >= 15 is 0 Å². The lowest BCUT2D eigenvalue weighted by molar-refractivity contribution is 0.0906. The van der Waals surface area contributed by atoms with Gasteiger partial charge in [0.15, 0.2) is 5.78 Å². The van der Waals surface area contributed by atoms with E-state index in [1.807, 2.05) is 6.07 Å². The second-order valence-corrected chi connectivity index (χ2v) is 6.75. The minimum absolute atomic E-state index is 0.134. The lowest BCUT2D eigenvalue weighted by atomic mass is 9.75. The Morgan fingerprint density at radius 3 is 2.65 bits per heavy atom. The van der Waals surface area contributed by atoms with Crippen molar-refractivity contribution in [2.45, 2.75) is 52.5 Å². The van der Waals surface area contributed by atoms with Crippen molar-refractivity contribution in [2.24, 2.45) is 11.3 Å². The molecule has 92 valence electrons. The molecule has 0 aromatic carbocycles. The van der Waals surface area contributed by atoms with Gasteiger partial charge in [-0.25, -0.2) is 0 Å². The number of Topliss-reactive ketones (excluding diaryl/α,β-unsaturated/α-hetero) is 1. The van der Waals surface area contributed by atoms with Gasteiger partial charge in [0.05, 0.1) is 0 Å². The molecule has 0 spiro atoms. The summed E-state index contributed by atoms with van der Waals surface area (Å²) in [6, 6.07) is 2.69. The summed E-state index contributed by atoms with van der Waals surface area (Å²) in [4.78, 5) is 12.1. The first-order valence-electron chi connectivity index (χ1n) is 6.69. The highest BCUT2D eigenvalue weighted by Gasteiger charge is 2.36. The van der Waals surface area contributed by atoms with Gasteiger partial charge in [0, 0.05) is 29.9 Å². The summed E-state index contributed by atoms with van der Waals surface area (Å²) in [6.45, 7) is 6.71. The maximum atomic E-state index is 12.1. The molecule has 2 heteroatoms. The van der Waals surface area contributed by atoms with Crippen molar-refractivity contribution in [3.05, 3.63) is 23.5 Å². The fourth-order valence-electron chi connectivity index (χ4n) is 3.40. The fourth-order valence-corrected chi connectivity index (χ4v) is 3.40. The Kier molecular flexibility index (Phi) is 2.26. The van der Waals surface area contributed by atoms with Gasteiger partial charge in [-0.05, 0) is 36.7 Å². The molecule has 0 N–H and O–H groups in total. The van der Waals surface area contributed by atoms with Gasteiger partial charge in [-0.3, -0.25) is 4.79 Å². The topological polar surface area (TPSA) is 22.0 Å². The molecule has 0 radical (unpaired) electrons. The predicted octanol–water partition coefficient (Wildman–Crippen LogP) is 3.61. The van der Waals surface area contributed by atoms with Crippen molar-refractivity contribution in [3.63, 3.8) is 0 Å². The number of hydrogen-bond acceptors (Lipinski definition) is 1. The minimum Gasteiger partial charge on any atom is -0.348 e. The van der Waals surface area contributed by atoms with E-state index < -0.39 is 0 Å². The number of aromatic nitrogens is 1. The molecular formula is C15H21NO. The van der Waals surface area contributed by atoms with Crippen LogP contribution in [-0.4, -0.2) is 10.4 Å². The van der Waals surface area contributed by atoms with Crippen LogP contribution < -0.4 is 0 Å². The predicted molar refractivity (Wildman–Crippen MR) is 68.3 cm³/mol. The van der Waals surface area contributed by atoms with Gasteiger partial charge < -0.3 is 4.57 Å². The van der Waals surface area contributed by atoms with Crippen LogP contribution in [0.4, 0.5) is 0 Å². The Labute approximate surface area is 103 Å². The standard InChI is InChI=1S/C15H21NO/c1-10-6-11(7-10)16-5-4-12-13(16)8-15(2,3)9-14(12)17/h4-5,10-11H,6-9H2,1-3H3. The van der Waals surface area contributed by atoms with E-state index in [0.29, 0.717) is 18.2 Å². The monoisotopic (exact) mass is 231 g/mol. The van der Waals surface area contributed by atoms with E-state index in [0.717, 1.165) is 17.9 Å². The molecular weight excluding hydrogens is 210 g/mol. The van der Waals surface area contributed by atoms with E-state index in [9.17, 15) is 4.79 Å². The van der Waals surface area contributed by atoms with Crippen LogP contribution in [0.1, 0.15) is 62.1 Å². The van der Waals surface area contributed by atoms with Crippen molar-refractivity contribution < 1.29 is 4.79 Å². The smallest absolute Gasteiger partial charge is 0.165 e. The molecule has 0 bridgehead atoms. The van der Waals surface area contributed by atoms with Crippen molar-refractivity contribution >= 4 is 5.78 Å². The maximum absolute atomic E-state index is 12.1. The molecule has 2 nitrogen and oxygen atoms in total. The molecule has 1 aromatic rings. The average Bonchev–Trinajstić information content (AvgIpc) is 2.54. The highest BCUT2D eigenvalue weighted by Crippen LogP contribution is 2.42. The Morgan fingerprint density at radius 2 is 2.00 bits per heavy atom. The normalized spacial score (nSPS) is 30.9. The third-order valence-corrected chi connectivity index (χ3v) is 4.35. The molecule has 0 unspecified atom stereocenters. The molecule has 0 amide bonds. The highest BCUT2D eigenvalue weighted by molar-refractivity contribution is 5.98. The number of nitrogens with zero attached hydrogens (tertiary/aromatic N) is 1. The van der Waals surface area contributed by atoms with Crippen LogP contribution in [0.5, 0.6) is 0 Å². The van der Waals surface area contributed by atoms with E-state index in [4.69, 9.17) is 0 Å². The number of carbonyl (C=O) groups is 1. The lowest BCUT2D eigenvalue weighted by Gasteiger charge is -2.37. The summed E-state index contributed by atoms with van der Waals surface area (Å²) < 4.78 is 2.38. The fraction of sp³-hybridized carbons (Fsp3) is 0.667. The van der Waals surface area contributed by atoms with Crippen LogP contribution in [0.2, 0.25) is 0 Å². The molecule has 2 aliphatic rings. The molecule has 2 aliphatic carbocycles. The Balaban J connectivity index is 1.96. The first kappa shape index (κ1) is 11.1. The summed E-state index contributed by atoms with van der Waals surface area (Å²) in [7, 11) is 0. The average molecular weight is 231 g/mol. The molecule has 1 heterocycles. The first-order chi connectivity index (χ1) is 7.96. The summed E-state index contributed by atoms with van der Waals surface area (Å²) in [5.74, 6) is 1.19. The number of hydrogen-bond donors (Lipinski definition) is 0. The quantitative estimate of drug-likeness (QED) is 0.723. The van der Waals surface area contributed by atoms with Crippen LogP contribution >= 0.6 is 0 Å². The second-order valence-electron chi connectivity index (χ2n) is 6.75. The molecule has 0 saturated heterocycles. The largest absolute Gasteiger partial charge is 0.348 e. The molecule has 1 aromatic heterocycles. The minimum atomic E-state index is 0.134. The Morgan fingerprint density at radius 1 is 1.29 bits per heavy atom. The number of carbonyl (C=O) groups excluding carboxylic acids is 1. The number of rotatable bonds is 1. The van der Waals surface area contributed by atoms with E-state index in [1.165, 1.54) is 18.5 Å². The zero-order chi connectivity index (χ0) is 12.2. The van der Waals surface area contributed by atoms with E-state index in [2.05, 4.69) is 31.5 Å². The van der Waals surface area contributed by atoms with Crippen molar-refractivity contribution in [1.82, 2.24) is 4.57 Å². The zero-order valence-corrected chi connectivity index (χ0v) is 11.0. The molecule has 0 atom stereocenters. The maximum Gasteiger partial charge on any atom is 0.165 e. The van der Waals surface area contributed by atoms with Crippen molar-refractivity contribution in [1.29, 1.82) is 0 Å². The van der Waals surface area contributed by atoms with Gasteiger partial charge in [0.2, 0.25) is 0 Å². The second kappa shape index (κ2) is 3.47. The van der Waals surface area contributed by atoms with Crippen LogP contribution in [-0.2, 0) is 6.42 Å². The molecule has 17 heavy (non-hydrogen) atoms. The van der Waals surface area contributed by atoms with Crippen LogP contribution in [0.15, 0.2) is 12.3 Å². The molecule has 0 aliphatic heterocycles. The summed E-state index contributed by atoms with van der Waals surface area (Å²) >= 11 is 0. The Bertz CT molecular complexity index is 463. The van der Waals surface area contributed by atoms with Gasteiger partial charge in [-0.1, -0.05) is 20.8 Å². The molecule has 3 rings (SSSR count). The van der Waals surface area contributed by atoms with Gasteiger partial charge in [-0.15, -0.1) is 0 Å². The van der Waals surface area contributed by atoms with Gasteiger partial charge >= 0.3 is 0 Å². The Hall–Kier alpha value is -1.05. The van der Waals surface area contributed by atoms with E-state index in [-0.39, 0.29) is 5.41 Å². The SMILES string of the molecule is CC1CC(n2ccc3c2CC(C)(C)CC3=O)C1. The number of ketones is 1. The van der Waals surface area contributed by atoms with Crippen LogP contribution in [0.3, 0.4) is 0 Å². The van der Waals surface area contributed by atoms with Gasteiger partial charge in [0.25, 0.3) is 0 Å². The first-order valence-corrected chi connectivity index (χ1v) is 6.69. The third-order valence-electron chi connectivity index (χ3n) is 4.35. The van der Waals surface area contributed by atoms with Gasteiger partial charge in [0.1, 0.15) is 0 Å². The van der Waals surface area contributed by atoms with Crippen LogP contribution in [0, 0.1) is 11.3 Å². The van der Waals surface area contributed by atoms with E-state index in [1.54, 1.807) is 0 Å². The van der Waals surface area contributed by atoms with Crippen LogP contribution in [0.25, 0.3) is 0 Å². The van der Waals surface area contributed by atoms with Gasteiger partial charge in [-0.2, -0.15) is 0 Å². The number of fused-ring (bicyclic) bond motifs is 1. The van der Waals surface area contributed by atoms with Crippen molar-refractivity contribution in [2.75, 3.05) is 0 Å². The molecule has 1 saturated carbocycles. The van der Waals surface area contributed by atoms with Crippen molar-refractivity contribution in [3.8, 4) is 0 Å². The summed E-state index contributed by atoms with van der Waals surface area (Å²) in [5.41, 5.74) is 2.42. The summed E-state index contributed by atoms with van der Waals surface area (Å²) in [5, 5.41) is 0. The summed E-state index contributed by atoms with van der Waals surface area (Å²) in [6.07, 6.45) is 6.43. The highest BCUT2D eigenvalue weighted by atomic mass is 16.1. The molecule has 1 fully saturated rings. The third kappa shape index (κ3) is 1.74.